The van der Waals surface area contributed by atoms with Gasteiger partial charge in [0.1, 0.15) is 17.6 Å². The molecule has 0 atom stereocenters. The fourth-order valence-electron chi connectivity index (χ4n) is 3.96. The van der Waals surface area contributed by atoms with Crippen molar-refractivity contribution in [3.05, 3.63) is 64.8 Å². The number of nitrogens with one attached hydrogen (secondary N) is 1. The number of ether oxygens (including phenoxy) is 3. The molecular weight excluding hydrogens is 432 g/mol. The number of hydrogen-bond acceptors (Lipinski definition) is 6. The number of anilines is 1. The molecule has 3 aromatic rings. The number of carbonyl (C=O) groups excluding carboxylic acids is 1. The largest absolute Gasteiger partial charge is 0.497 e. The first-order chi connectivity index (χ1) is 16.3. The zero-order valence-electron chi connectivity index (χ0n) is 20.4. The molecule has 1 aromatic heterocycles. The Balaban J connectivity index is 1.83. The van der Waals surface area contributed by atoms with Crippen LogP contribution in [-0.4, -0.2) is 50.3 Å². The van der Waals surface area contributed by atoms with Crippen LogP contribution in [-0.2, 0) is 11.3 Å². The second kappa shape index (κ2) is 10.8. The van der Waals surface area contributed by atoms with Crippen molar-refractivity contribution in [2.75, 3.05) is 40.2 Å². The van der Waals surface area contributed by atoms with E-state index in [-0.39, 0.29) is 12.5 Å². The Morgan fingerprint density at radius 2 is 1.76 bits per heavy atom. The maximum atomic E-state index is 13.0. The van der Waals surface area contributed by atoms with Gasteiger partial charge in [0.2, 0.25) is 5.91 Å². The van der Waals surface area contributed by atoms with E-state index < -0.39 is 0 Å². The van der Waals surface area contributed by atoms with Gasteiger partial charge in [-0.1, -0.05) is 12.1 Å². The van der Waals surface area contributed by atoms with Crippen molar-refractivity contribution in [3.8, 4) is 29.0 Å². The van der Waals surface area contributed by atoms with Crippen LogP contribution in [0.25, 0.3) is 5.69 Å². The minimum atomic E-state index is -0.229. The van der Waals surface area contributed by atoms with Gasteiger partial charge in [0.05, 0.1) is 33.4 Å². The Morgan fingerprint density at radius 3 is 2.35 bits per heavy atom. The van der Waals surface area contributed by atoms with Crippen molar-refractivity contribution in [1.29, 1.82) is 5.26 Å². The molecule has 0 aliphatic heterocycles. The molecule has 8 nitrogen and oxygen atoms in total. The number of hydrogen-bond donors (Lipinski definition) is 1. The summed E-state index contributed by atoms with van der Waals surface area (Å²) in [4.78, 5) is 14.9. The highest BCUT2D eigenvalue weighted by Crippen LogP contribution is 2.32. The predicted molar refractivity (Wildman–Crippen MR) is 131 cm³/mol. The summed E-state index contributed by atoms with van der Waals surface area (Å²) in [5.74, 6) is 2.24. The summed E-state index contributed by atoms with van der Waals surface area (Å²) in [5, 5.41) is 12.8. The minimum absolute atomic E-state index is 0.122. The van der Waals surface area contributed by atoms with Gasteiger partial charge < -0.3 is 19.5 Å². The first-order valence-corrected chi connectivity index (χ1v) is 10.8. The summed E-state index contributed by atoms with van der Waals surface area (Å²) < 4.78 is 18.0. The molecule has 34 heavy (non-hydrogen) atoms. The molecule has 8 heteroatoms. The molecule has 1 N–H and O–H groups in total. The first-order valence-electron chi connectivity index (χ1n) is 10.8. The third-order valence-corrected chi connectivity index (χ3v) is 5.75. The average Bonchev–Trinajstić information content (AvgIpc) is 3.07. The van der Waals surface area contributed by atoms with Crippen molar-refractivity contribution in [1.82, 2.24) is 9.47 Å². The Bertz CT molecular complexity index is 1210. The first kappa shape index (κ1) is 24.7. The van der Waals surface area contributed by atoms with Crippen LogP contribution in [0, 0.1) is 25.2 Å². The monoisotopic (exact) mass is 462 g/mol. The van der Waals surface area contributed by atoms with Crippen molar-refractivity contribution in [3.63, 3.8) is 0 Å². The smallest absolute Gasteiger partial charge is 0.239 e. The number of benzene rings is 2. The number of para-hydroxylation sites is 1. The molecule has 2 aromatic carbocycles. The molecule has 0 radical (unpaired) electrons. The molecule has 3 rings (SSSR count). The van der Waals surface area contributed by atoms with Crippen LogP contribution in [0.4, 0.5) is 5.82 Å². The number of amides is 1. The molecule has 0 saturated carbocycles. The summed E-state index contributed by atoms with van der Waals surface area (Å²) in [6.07, 6.45) is 0. The van der Waals surface area contributed by atoms with Crippen LogP contribution in [0.2, 0.25) is 0 Å². The van der Waals surface area contributed by atoms with Crippen LogP contribution in [0.3, 0.4) is 0 Å². The summed E-state index contributed by atoms with van der Waals surface area (Å²) in [5.41, 5.74) is 3.88. The second-order valence-corrected chi connectivity index (χ2v) is 7.95. The zero-order valence-corrected chi connectivity index (χ0v) is 20.4. The maximum absolute atomic E-state index is 13.0. The minimum Gasteiger partial charge on any atom is -0.497 e. The normalized spacial score (nSPS) is 10.6. The fourth-order valence-corrected chi connectivity index (χ4v) is 3.96. The molecule has 0 aliphatic carbocycles. The molecule has 0 fully saturated rings. The number of carbonyl (C=O) groups is 1. The van der Waals surface area contributed by atoms with Gasteiger partial charge in [0, 0.05) is 23.5 Å². The van der Waals surface area contributed by atoms with Crippen molar-refractivity contribution in [2.45, 2.75) is 20.4 Å². The van der Waals surface area contributed by atoms with E-state index in [0.717, 1.165) is 28.3 Å². The van der Waals surface area contributed by atoms with Gasteiger partial charge in [-0.15, -0.1) is 0 Å². The second-order valence-electron chi connectivity index (χ2n) is 7.95. The molecule has 0 bridgehead atoms. The summed E-state index contributed by atoms with van der Waals surface area (Å²) in [6, 6.07) is 15.4. The summed E-state index contributed by atoms with van der Waals surface area (Å²) in [6.45, 7) is 4.41. The number of nitriles is 1. The number of nitrogens with zero attached hydrogens (tertiary/aromatic N) is 3. The molecule has 178 valence electrons. The van der Waals surface area contributed by atoms with Crippen molar-refractivity contribution in [2.24, 2.45) is 0 Å². The Kier molecular flexibility index (Phi) is 7.82. The van der Waals surface area contributed by atoms with Gasteiger partial charge in [-0.2, -0.15) is 5.26 Å². The van der Waals surface area contributed by atoms with Crippen LogP contribution in [0.1, 0.15) is 22.4 Å². The SMILES string of the molecule is COc1ccc(-n2c(C)c(C)c(C#N)c2NC(=O)CN(C)Cc2cccc(OC)c2OC)cc1. The van der Waals surface area contributed by atoms with Gasteiger partial charge in [0.25, 0.3) is 0 Å². The standard InChI is InChI=1S/C26H30N4O4/c1-17-18(2)30(20-10-12-21(32-4)13-11-20)26(22(17)14-27)28-24(31)16-29(3)15-19-8-7-9-23(33-5)25(19)34-6/h7-13H,15-16H2,1-6H3,(H,28,31). The molecule has 0 saturated heterocycles. The summed E-state index contributed by atoms with van der Waals surface area (Å²) >= 11 is 0. The lowest BCUT2D eigenvalue weighted by Crippen LogP contribution is -2.30. The summed E-state index contributed by atoms with van der Waals surface area (Å²) in [7, 11) is 6.64. The van der Waals surface area contributed by atoms with Gasteiger partial charge in [-0.3, -0.25) is 14.3 Å². The Hall–Kier alpha value is -3.96. The number of aromatic nitrogens is 1. The predicted octanol–water partition coefficient (Wildman–Crippen LogP) is 4.06. The van der Waals surface area contributed by atoms with Crippen LogP contribution in [0.15, 0.2) is 42.5 Å². The lowest BCUT2D eigenvalue weighted by Gasteiger charge is -2.20. The number of likely N-dealkylation sites (N-methyl/N-ethyl adjacent to an activating group) is 1. The number of methoxy groups -OCH3 is 3. The quantitative estimate of drug-likeness (QED) is 0.516. The average molecular weight is 463 g/mol. The van der Waals surface area contributed by atoms with Crippen LogP contribution < -0.4 is 19.5 Å². The lowest BCUT2D eigenvalue weighted by atomic mass is 10.1. The van der Waals surface area contributed by atoms with Gasteiger partial charge >= 0.3 is 0 Å². The fraction of sp³-hybridized carbons (Fsp3) is 0.308. The Labute approximate surface area is 200 Å². The van der Waals surface area contributed by atoms with E-state index in [2.05, 4.69) is 11.4 Å². The van der Waals surface area contributed by atoms with E-state index in [9.17, 15) is 10.1 Å². The third-order valence-electron chi connectivity index (χ3n) is 5.75. The highest BCUT2D eigenvalue weighted by atomic mass is 16.5. The van der Waals surface area contributed by atoms with Gasteiger partial charge in [0.15, 0.2) is 11.5 Å². The third kappa shape index (κ3) is 5.00. The molecule has 0 aliphatic rings. The molecular formula is C26H30N4O4. The molecule has 1 amide bonds. The number of rotatable bonds is 9. The topological polar surface area (TPSA) is 88.8 Å². The van der Waals surface area contributed by atoms with Crippen molar-refractivity contribution < 1.29 is 19.0 Å². The highest BCUT2D eigenvalue weighted by molar-refractivity contribution is 5.93. The molecule has 0 spiro atoms. The van der Waals surface area contributed by atoms with E-state index >= 15 is 0 Å². The van der Waals surface area contributed by atoms with Crippen LogP contribution in [0.5, 0.6) is 17.2 Å². The van der Waals surface area contributed by atoms with E-state index in [1.807, 2.05) is 72.8 Å². The molecule has 0 unspecified atom stereocenters. The van der Waals surface area contributed by atoms with E-state index in [1.165, 1.54) is 0 Å². The van der Waals surface area contributed by atoms with E-state index in [0.29, 0.717) is 29.4 Å². The van der Waals surface area contributed by atoms with E-state index in [4.69, 9.17) is 14.2 Å². The Morgan fingerprint density at radius 1 is 1.06 bits per heavy atom. The maximum Gasteiger partial charge on any atom is 0.239 e. The highest BCUT2D eigenvalue weighted by Gasteiger charge is 2.21. The zero-order chi connectivity index (χ0) is 24.8. The van der Waals surface area contributed by atoms with Crippen molar-refractivity contribution >= 4 is 11.7 Å². The van der Waals surface area contributed by atoms with Gasteiger partial charge in [-0.25, -0.2) is 0 Å². The van der Waals surface area contributed by atoms with E-state index in [1.54, 1.807) is 21.3 Å². The van der Waals surface area contributed by atoms with Gasteiger partial charge in [-0.05, 0) is 56.8 Å². The molecule has 1 heterocycles. The van der Waals surface area contributed by atoms with Crippen LogP contribution >= 0.6 is 0 Å². The lowest BCUT2D eigenvalue weighted by molar-refractivity contribution is -0.117.